The number of para-hydroxylation sites is 1. The van der Waals surface area contributed by atoms with Gasteiger partial charge in [0.1, 0.15) is 5.75 Å². The summed E-state index contributed by atoms with van der Waals surface area (Å²) in [5.74, 6) is -1.37. The predicted octanol–water partition coefficient (Wildman–Crippen LogP) is 6.81. The minimum Gasteiger partial charge on any atom is -0.496 e. The van der Waals surface area contributed by atoms with E-state index in [1.807, 2.05) is 23.6 Å². The van der Waals surface area contributed by atoms with Crippen LogP contribution in [0.25, 0.3) is 17.3 Å². The number of hydrogen-bond donors (Lipinski definition) is 2. The van der Waals surface area contributed by atoms with Crippen LogP contribution in [0, 0.1) is 0 Å². The van der Waals surface area contributed by atoms with Crippen LogP contribution in [0.15, 0.2) is 41.5 Å². The van der Waals surface area contributed by atoms with E-state index >= 15 is 0 Å². The number of ether oxygens (including phenoxy) is 3. The molecule has 8 nitrogen and oxygen atoms in total. The summed E-state index contributed by atoms with van der Waals surface area (Å²) in [5, 5.41) is 14.3. The van der Waals surface area contributed by atoms with Crippen LogP contribution in [-0.4, -0.2) is 49.4 Å². The van der Waals surface area contributed by atoms with Crippen molar-refractivity contribution in [3.05, 3.63) is 68.2 Å². The smallest absolute Gasteiger partial charge is 0.371 e. The van der Waals surface area contributed by atoms with Crippen LogP contribution in [0.4, 0.5) is 5.13 Å². The monoisotopic (exact) mass is 578 g/mol. The second kappa shape index (κ2) is 14.2. The van der Waals surface area contributed by atoms with E-state index in [0.29, 0.717) is 29.6 Å². The molecule has 0 spiro atoms. The molecule has 0 aliphatic heterocycles. The number of carboxylic acids is 1. The van der Waals surface area contributed by atoms with Crippen LogP contribution >= 0.6 is 34.5 Å². The molecule has 2 N–H and O–H groups in total. The third-order valence-electron chi connectivity index (χ3n) is 5.51. The number of rotatable bonds is 13. The Morgan fingerprint density at radius 3 is 2.53 bits per heavy atom. The van der Waals surface area contributed by atoms with Gasteiger partial charge < -0.3 is 19.3 Å². The average Bonchev–Trinajstić information content (AvgIpc) is 3.35. The number of benzene rings is 2. The maximum absolute atomic E-state index is 12.9. The lowest BCUT2D eigenvalue weighted by Crippen LogP contribution is -2.12. The number of methoxy groups -OCH3 is 2. The molecule has 0 unspecified atom stereocenters. The molecule has 0 saturated heterocycles. The number of thiazole rings is 1. The zero-order valence-corrected chi connectivity index (χ0v) is 23.5. The largest absolute Gasteiger partial charge is 0.496 e. The van der Waals surface area contributed by atoms with E-state index in [9.17, 15) is 9.59 Å². The Kier molecular flexibility index (Phi) is 11.0. The predicted molar refractivity (Wildman–Crippen MR) is 151 cm³/mol. The SMILES string of the molecule is CCCCOCCc1cccc(-c2csc(NC(=O)c3cc(Cl)c(/C=C(/OC)C(=O)O)c(Cl)c3)n2)c1OC. The maximum Gasteiger partial charge on any atom is 0.371 e. The molecular formula is C27H28Cl2N2O6S. The van der Waals surface area contributed by atoms with E-state index < -0.39 is 11.9 Å². The number of nitrogens with zero attached hydrogens (tertiary/aromatic N) is 1. The molecule has 38 heavy (non-hydrogen) atoms. The topological polar surface area (TPSA) is 107 Å². The molecule has 3 aromatic rings. The van der Waals surface area contributed by atoms with Crippen molar-refractivity contribution >= 4 is 57.6 Å². The average molecular weight is 580 g/mol. The van der Waals surface area contributed by atoms with Crippen LogP contribution in [-0.2, 0) is 20.7 Å². The van der Waals surface area contributed by atoms with Gasteiger partial charge in [-0.15, -0.1) is 11.3 Å². The molecule has 3 rings (SSSR count). The summed E-state index contributed by atoms with van der Waals surface area (Å²) in [6.45, 7) is 3.46. The van der Waals surface area contributed by atoms with Crippen LogP contribution in [0.5, 0.6) is 5.75 Å². The van der Waals surface area contributed by atoms with Gasteiger partial charge in [-0.25, -0.2) is 9.78 Å². The highest BCUT2D eigenvalue weighted by Crippen LogP contribution is 2.35. The number of anilines is 1. The minimum atomic E-state index is -1.27. The standard InChI is InChI=1S/C27H28Cl2N2O6S/c1-4-5-10-37-11-9-16-7-6-8-18(24(16)36-3)22-15-38-27(30-22)31-25(32)17-12-20(28)19(21(29)13-17)14-23(35-2)26(33)34/h6-8,12-15H,4-5,9-11H2,1-3H3,(H,33,34)(H,30,31,32)/b23-14+. The van der Waals surface area contributed by atoms with Crippen LogP contribution in [0.1, 0.15) is 41.3 Å². The molecular weight excluding hydrogens is 551 g/mol. The van der Waals surface area contributed by atoms with Gasteiger partial charge in [0.15, 0.2) is 5.13 Å². The normalized spacial score (nSPS) is 11.3. The summed E-state index contributed by atoms with van der Waals surface area (Å²) in [6.07, 6.45) is 4.02. The van der Waals surface area contributed by atoms with E-state index in [1.54, 1.807) is 7.11 Å². The van der Waals surface area contributed by atoms with E-state index in [-0.39, 0.29) is 26.9 Å². The quantitative estimate of drug-likeness (QED) is 0.130. The molecule has 0 bridgehead atoms. The molecule has 0 aliphatic rings. The molecule has 0 saturated carbocycles. The molecule has 0 aliphatic carbocycles. The fourth-order valence-corrected chi connectivity index (χ4v) is 4.87. The first-order valence-corrected chi connectivity index (χ1v) is 13.4. The lowest BCUT2D eigenvalue weighted by molar-refractivity contribution is -0.135. The zero-order valence-electron chi connectivity index (χ0n) is 21.2. The zero-order chi connectivity index (χ0) is 27.7. The summed E-state index contributed by atoms with van der Waals surface area (Å²) in [6, 6.07) is 8.65. The van der Waals surface area contributed by atoms with Gasteiger partial charge in [-0.1, -0.05) is 48.7 Å². The number of amides is 1. The van der Waals surface area contributed by atoms with Crippen molar-refractivity contribution in [1.29, 1.82) is 0 Å². The molecule has 1 heterocycles. The number of carboxylic acid groups (broad SMARTS) is 1. The van der Waals surface area contributed by atoms with E-state index in [2.05, 4.69) is 17.2 Å². The highest BCUT2D eigenvalue weighted by Gasteiger charge is 2.18. The van der Waals surface area contributed by atoms with Gasteiger partial charge in [-0.05, 0) is 42.7 Å². The summed E-state index contributed by atoms with van der Waals surface area (Å²) in [4.78, 5) is 28.7. The summed E-state index contributed by atoms with van der Waals surface area (Å²) >= 11 is 13.8. The number of nitrogens with one attached hydrogen (secondary N) is 1. The van der Waals surface area contributed by atoms with Crippen molar-refractivity contribution in [1.82, 2.24) is 4.98 Å². The van der Waals surface area contributed by atoms with Crippen LogP contribution in [0.3, 0.4) is 0 Å². The van der Waals surface area contributed by atoms with Crippen LogP contribution in [0.2, 0.25) is 10.0 Å². The Morgan fingerprint density at radius 2 is 1.89 bits per heavy atom. The van der Waals surface area contributed by atoms with Crippen molar-refractivity contribution < 1.29 is 28.9 Å². The number of unbranched alkanes of at least 4 members (excludes halogenated alkanes) is 1. The number of aliphatic carboxylic acids is 1. The van der Waals surface area contributed by atoms with Gasteiger partial charge in [-0.3, -0.25) is 10.1 Å². The van der Waals surface area contributed by atoms with Gasteiger partial charge in [-0.2, -0.15) is 0 Å². The second-order valence-electron chi connectivity index (χ2n) is 8.08. The van der Waals surface area contributed by atoms with Crippen molar-refractivity contribution in [2.75, 3.05) is 32.8 Å². The van der Waals surface area contributed by atoms with Crippen molar-refractivity contribution in [3.63, 3.8) is 0 Å². The third kappa shape index (κ3) is 7.48. The van der Waals surface area contributed by atoms with Crippen molar-refractivity contribution in [2.24, 2.45) is 0 Å². The Balaban J connectivity index is 1.77. The second-order valence-corrected chi connectivity index (χ2v) is 9.75. The number of aromatic nitrogens is 1. The molecule has 11 heteroatoms. The highest BCUT2D eigenvalue weighted by molar-refractivity contribution is 7.14. The summed E-state index contributed by atoms with van der Waals surface area (Å²) in [5.41, 5.74) is 2.89. The Bertz CT molecular complexity index is 1300. The molecule has 0 atom stereocenters. The van der Waals surface area contributed by atoms with Crippen molar-refractivity contribution in [3.8, 4) is 17.0 Å². The molecule has 1 amide bonds. The van der Waals surface area contributed by atoms with Gasteiger partial charge in [0.25, 0.3) is 5.91 Å². The maximum atomic E-state index is 12.9. The molecule has 0 radical (unpaired) electrons. The number of carbonyl (C=O) groups is 2. The highest BCUT2D eigenvalue weighted by atomic mass is 35.5. The van der Waals surface area contributed by atoms with Crippen LogP contribution < -0.4 is 10.1 Å². The first kappa shape index (κ1) is 29.4. The van der Waals surface area contributed by atoms with Gasteiger partial charge >= 0.3 is 5.97 Å². The number of carbonyl (C=O) groups excluding carboxylic acids is 1. The molecule has 0 fully saturated rings. The van der Waals surface area contributed by atoms with E-state index in [1.165, 1.54) is 36.7 Å². The van der Waals surface area contributed by atoms with E-state index in [4.69, 9.17) is 42.5 Å². The number of hydrogen-bond acceptors (Lipinski definition) is 7. The van der Waals surface area contributed by atoms with Crippen molar-refractivity contribution in [2.45, 2.75) is 26.2 Å². The lowest BCUT2D eigenvalue weighted by Gasteiger charge is -2.12. The first-order chi connectivity index (χ1) is 18.3. The van der Waals surface area contributed by atoms with Gasteiger partial charge in [0.2, 0.25) is 5.76 Å². The van der Waals surface area contributed by atoms with Gasteiger partial charge in [0.05, 0.1) is 36.6 Å². The fraction of sp³-hybridized carbons (Fsp3) is 0.296. The Hall–Kier alpha value is -3.11. The third-order valence-corrected chi connectivity index (χ3v) is 6.89. The molecule has 202 valence electrons. The Morgan fingerprint density at radius 1 is 1.16 bits per heavy atom. The minimum absolute atomic E-state index is 0.0958. The number of halogens is 2. The van der Waals surface area contributed by atoms with Gasteiger partial charge in [0, 0.05) is 28.7 Å². The summed E-state index contributed by atoms with van der Waals surface area (Å²) in [7, 11) is 2.84. The molecule has 1 aromatic heterocycles. The molecule has 2 aromatic carbocycles. The fourth-order valence-electron chi connectivity index (χ4n) is 3.57. The van der Waals surface area contributed by atoms with E-state index in [0.717, 1.165) is 30.6 Å². The summed E-state index contributed by atoms with van der Waals surface area (Å²) < 4.78 is 16.2. The lowest BCUT2D eigenvalue weighted by atomic mass is 10.0. The Labute approximate surface area is 235 Å². The first-order valence-electron chi connectivity index (χ1n) is 11.8.